The number of sulfonamides is 1. The molecule has 1 aromatic heterocycles. The Morgan fingerprint density at radius 1 is 0.944 bits per heavy atom. The number of benzene rings is 2. The highest BCUT2D eigenvalue weighted by Gasteiger charge is 2.37. The van der Waals surface area contributed by atoms with Crippen LogP contribution in [0.25, 0.3) is 0 Å². The predicted octanol–water partition coefficient (Wildman–Crippen LogP) is 4.58. The van der Waals surface area contributed by atoms with Crippen molar-refractivity contribution in [3.8, 4) is 0 Å². The minimum atomic E-state index is -3.94. The van der Waals surface area contributed by atoms with Gasteiger partial charge in [-0.25, -0.2) is 13.2 Å². The molecule has 192 valence electrons. The molecule has 10 heteroatoms. The molecule has 1 amide bonds. The molecule has 36 heavy (non-hydrogen) atoms. The van der Waals surface area contributed by atoms with E-state index in [1.54, 1.807) is 11.4 Å². The van der Waals surface area contributed by atoms with Crippen LogP contribution in [-0.4, -0.2) is 44.5 Å². The molecular formula is C26H30N2O6S2. The molecule has 0 saturated carbocycles. The number of alkyl carbamates (subject to hydrolysis) is 1. The summed E-state index contributed by atoms with van der Waals surface area (Å²) in [5.74, 6) is -0.624. The first-order valence-electron chi connectivity index (χ1n) is 11.5. The SMILES string of the molecule is COC(=O)[C@H](CCCCNC(=O)OCc1ccccc1)N(Cc1ccccc1)S(=O)(=O)c1cccs1. The van der Waals surface area contributed by atoms with E-state index < -0.39 is 28.1 Å². The molecule has 0 saturated heterocycles. The van der Waals surface area contributed by atoms with Crippen molar-refractivity contribution in [2.24, 2.45) is 0 Å². The Hall–Kier alpha value is -3.21. The number of carbonyl (C=O) groups is 2. The predicted molar refractivity (Wildman–Crippen MR) is 138 cm³/mol. The van der Waals surface area contributed by atoms with Gasteiger partial charge in [0.25, 0.3) is 10.0 Å². The number of carbonyl (C=O) groups excluding carboxylic acids is 2. The van der Waals surface area contributed by atoms with Crippen molar-refractivity contribution in [3.05, 3.63) is 89.3 Å². The fraction of sp³-hybridized carbons (Fsp3) is 0.308. The summed E-state index contributed by atoms with van der Waals surface area (Å²) in [7, 11) is -2.69. The van der Waals surface area contributed by atoms with Crippen LogP contribution in [-0.2, 0) is 37.4 Å². The first-order chi connectivity index (χ1) is 17.4. The van der Waals surface area contributed by atoms with Crippen molar-refractivity contribution in [1.29, 1.82) is 0 Å². The maximum Gasteiger partial charge on any atom is 0.407 e. The second-order valence-electron chi connectivity index (χ2n) is 7.99. The highest BCUT2D eigenvalue weighted by atomic mass is 32.2. The van der Waals surface area contributed by atoms with E-state index in [0.717, 1.165) is 22.5 Å². The van der Waals surface area contributed by atoms with Gasteiger partial charge in [0.15, 0.2) is 0 Å². The lowest BCUT2D eigenvalue weighted by Gasteiger charge is -2.29. The molecule has 0 radical (unpaired) electrons. The van der Waals surface area contributed by atoms with E-state index in [1.165, 1.54) is 17.5 Å². The molecule has 0 fully saturated rings. The monoisotopic (exact) mass is 530 g/mol. The molecular weight excluding hydrogens is 500 g/mol. The molecule has 0 aliphatic carbocycles. The van der Waals surface area contributed by atoms with Crippen molar-refractivity contribution in [2.45, 2.75) is 42.7 Å². The topological polar surface area (TPSA) is 102 Å². The van der Waals surface area contributed by atoms with E-state index in [0.29, 0.717) is 19.4 Å². The molecule has 3 rings (SSSR count). The summed E-state index contributed by atoms with van der Waals surface area (Å²) in [6.45, 7) is 0.537. The average Bonchev–Trinajstić information content (AvgIpc) is 3.45. The normalized spacial score (nSPS) is 12.2. The van der Waals surface area contributed by atoms with E-state index in [2.05, 4.69) is 5.32 Å². The standard InChI is InChI=1S/C26H30N2O6S2/c1-33-25(29)23(15-8-9-17-27-26(30)34-20-22-13-6-3-7-14-22)28(19-21-11-4-2-5-12-21)36(31,32)24-16-10-18-35-24/h2-7,10-14,16,18,23H,8-9,15,17,19-20H2,1H3,(H,27,30)/t23-/m0/s1. The number of methoxy groups -OCH3 is 1. The van der Waals surface area contributed by atoms with Crippen LogP contribution in [0.4, 0.5) is 4.79 Å². The number of unbranched alkanes of at least 4 members (excludes halogenated alkanes) is 1. The molecule has 1 heterocycles. The number of esters is 1. The van der Waals surface area contributed by atoms with Gasteiger partial charge in [0.1, 0.15) is 16.9 Å². The highest BCUT2D eigenvalue weighted by molar-refractivity contribution is 7.91. The smallest absolute Gasteiger partial charge is 0.407 e. The Balaban J connectivity index is 1.61. The van der Waals surface area contributed by atoms with Crippen LogP contribution in [0.15, 0.2) is 82.4 Å². The zero-order valence-electron chi connectivity index (χ0n) is 20.0. The summed E-state index contributed by atoms with van der Waals surface area (Å²) in [4.78, 5) is 24.7. The van der Waals surface area contributed by atoms with Crippen LogP contribution in [0.1, 0.15) is 30.4 Å². The molecule has 8 nitrogen and oxygen atoms in total. The molecule has 1 N–H and O–H groups in total. The van der Waals surface area contributed by atoms with Gasteiger partial charge < -0.3 is 14.8 Å². The fourth-order valence-electron chi connectivity index (χ4n) is 3.59. The summed E-state index contributed by atoms with van der Waals surface area (Å²) >= 11 is 1.10. The van der Waals surface area contributed by atoms with E-state index in [-0.39, 0.29) is 23.8 Å². The van der Waals surface area contributed by atoms with Crippen molar-refractivity contribution < 1.29 is 27.5 Å². The molecule has 0 spiro atoms. The van der Waals surface area contributed by atoms with Crippen molar-refractivity contribution >= 4 is 33.4 Å². The van der Waals surface area contributed by atoms with Crippen LogP contribution >= 0.6 is 11.3 Å². The van der Waals surface area contributed by atoms with Gasteiger partial charge >= 0.3 is 12.1 Å². The van der Waals surface area contributed by atoms with Gasteiger partial charge in [-0.3, -0.25) is 4.79 Å². The minimum Gasteiger partial charge on any atom is -0.468 e. The van der Waals surface area contributed by atoms with Gasteiger partial charge in [0.2, 0.25) is 0 Å². The largest absolute Gasteiger partial charge is 0.468 e. The Kier molecular flexibility index (Phi) is 10.5. The number of nitrogens with zero attached hydrogens (tertiary/aromatic N) is 1. The summed E-state index contributed by atoms with van der Waals surface area (Å²) < 4.78 is 38.5. The zero-order chi connectivity index (χ0) is 25.8. The third-order valence-corrected chi connectivity index (χ3v) is 8.67. The quantitative estimate of drug-likeness (QED) is 0.256. The maximum absolute atomic E-state index is 13.5. The number of hydrogen-bond donors (Lipinski definition) is 1. The molecule has 0 aliphatic rings. The Morgan fingerprint density at radius 2 is 1.61 bits per heavy atom. The van der Waals surface area contributed by atoms with E-state index in [1.807, 2.05) is 60.7 Å². The molecule has 0 bridgehead atoms. The zero-order valence-corrected chi connectivity index (χ0v) is 21.7. The number of amides is 1. The van der Waals surface area contributed by atoms with E-state index in [9.17, 15) is 18.0 Å². The molecule has 1 atom stereocenters. The van der Waals surface area contributed by atoms with Gasteiger partial charge in [-0.05, 0) is 41.8 Å². The van der Waals surface area contributed by atoms with E-state index >= 15 is 0 Å². The van der Waals surface area contributed by atoms with Gasteiger partial charge in [-0.2, -0.15) is 4.31 Å². The first-order valence-corrected chi connectivity index (χ1v) is 13.9. The van der Waals surface area contributed by atoms with Crippen molar-refractivity contribution in [1.82, 2.24) is 9.62 Å². The average molecular weight is 531 g/mol. The number of nitrogens with one attached hydrogen (secondary N) is 1. The number of hydrogen-bond acceptors (Lipinski definition) is 7. The first kappa shape index (κ1) is 27.4. The fourth-order valence-corrected chi connectivity index (χ4v) is 6.31. The van der Waals surface area contributed by atoms with Crippen molar-refractivity contribution in [3.63, 3.8) is 0 Å². The Morgan fingerprint density at radius 3 is 2.22 bits per heavy atom. The highest BCUT2D eigenvalue weighted by Crippen LogP contribution is 2.27. The summed E-state index contributed by atoms with van der Waals surface area (Å²) in [5, 5.41) is 4.37. The Labute approximate surface area is 215 Å². The van der Waals surface area contributed by atoms with Crippen LogP contribution in [0.3, 0.4) is 0 Å². The third-order valence-electron chi connectivity index (χ3n) is 5.45. The van der Waals surface area contributed by atoms with Gasteiger partial charge in [0.05, 0.1) is 7.11 Å². The summed E-state index contributed by atoms with van der Waals surface area (Å²) in [6.07, 6.45) is 0.732. The Bertz CT molecular complexity index is 1190. The van der Waals surface area contributed by atoms with Crippen LogP contribution in [0.2, 0.25) is 0 Å². The van der Waals surface area contributed by atoms with Crippen LogP contribution in [0.5, 0.6) is 0 Å². The number of rotatable bonds is 13. The van der Waals surface area contributed by atoms with Gasteiger partial charge in [-0.15, -0.1) is 11.3 Å². The maximum atomic E-state index is 13.5. The molecule has 0 aliphatic heterocycles. The second kappa shape index (κ2) is 13.8. The molecule has 2 aromatic carbocycles. The van der Waals surface area contributed by atoms with Gasteiger partial charge in [-0.1, -0.05) is 66.7 Å². The van der Waals surface area contributed by atoms with Crippen molar-refractivity contribution in [2.75, 3.05) is 13.7 Å². The molecule has 3 aromatic rings. The summed E-state index contributed by atoms with van der Waals surface area (Å²) in [6, 6.07) is 20.7. The van der Waals surface area contributed by atoms with Gasteiger partial charge in [0, 0.05) is 13.1 Å². The lowest BCUT2D eigenvalue weighted by Crippen LogP contribution is -2.45. The third kappa shape index (κ3) is 7.91. The lowest BCUT2D eigenvalue weighted by atomic mass is 10.1. The molecule has 0 unspecified atom stereocenters. The minimum absolute atomic E-state index is 0.0326. The number of ether oxygens (including phenoxy) is 2. The summed E-state index contributed by atoms with van der Waals surface area (Å²) in [5.41, 5.74) is 1.65. The lowest BCUT2D eigenvalue weighted by molar-refractivity contribution is -0.145. The number of thiophene rings is 1. The second-order valence-corrected chi connectivity index (χ2v) is 11.1. The van der Waals surface area contributed by atoms with Crippen LogP contribution in [0, 0.1) is 0 Å². The van der Waals surface area contributed by atoms with E-state index in [4.69, 9.17) is 9.47 Å². The van der Waals surface area contributed by atoms with Crippen LogP contribution < -0.4 is 5.32 Å².